The molecule has 1 unspecified atom stereocenters. The number of unbranched alkanes of at least 4 members (excludes halogenated alkanes) is 1. The van der Waals surface area contributed by atoms with Gasteiger partial charge in [0.1, 0.15) is 0 Å². The van der Waals surface area contributed by atoms with Crippen LogP contribution in [-0.4, -0.2) is 18.5 Å². The van der Waals surface area contributed by atoms with Crippen LogP contribution in [-0.2, 0) is 9.53 Å². The number of alkyl halides is 1. The van der Waals surface area contributed by atoms with Crippen molar-refractivity contribution in [2.45, 2.75) is 38.0 Å². The van der Waals surface area contributed by atoms with Gasteiger partial charge in [-0.2, -0.15) is 0 Å². The van der Waals surface area contributed by atoms with Gasteiger partial charge in [-0.1, -0.05) is 6.42 Å². The summed E-state index contributed by atoms with van der Waals surface area (Å²) < 4.78 is 4.49. The number of halogens is 1. The molecular weight excluding hydrogens is 164 g/mol. The summed E-state index contributed by atoms with van der Waals surface area (Å²) in [6, 6.07) is 0. The highest BCUT2D eigenvalue weighted by Gasteiger charge is 2.00. The molecule has 0 fully saturated rings. The van der Waals surface area contributed by atoms with E-state index in [4.69, 9.17) is 11.6 Å². The number of carbonyl (C=O) groups excluding carboxylic acids is 1. The van der Waals surface area contributed by atoms with Crippen LogP contribution in [0.15, 0.2) is 0 Å². The molecule has 0 heterocycles. The highest BCUT2D eigenvalue weighted by atomic mass is 35.5. The van der Waals surface area contributed by atoms with Crippen LogP contribution < -0.4 is 0 Å². The number of rotatable bonds is 5. The molecule has 0 N–H and O–H groups in total. The quantitative estimate of drug-likeness (QED) is 0.367. The first-order chi connectivity index (χ1) is 5.16. The van der Waals surface area contributed by atoms with Crippen LogP contribution in [0, 0.1) is 0 Å². The number of hydrogen-bond acceptors (Lipinski definition) is 2. The molecular formula is C8H15ClO2. The van der Waals surface area contributed by atoms with Gasteiger partial charge in [0.25, 0.3) is 0 Å². The molecule has 11 heavy (non-hydrogen) atoms. The molecule has 66 valence electrons. The largest absolute Gasteiger partial charge is 0.469 e. The zero-order valence-corrected chi connectivity index (χ0v) is 7.86. The standard InChI is InChI=1S/C8H15ClO2/c1-7(9)5-3-4-6-8(10)11-2/h7H,3-6H2,1-2H3. The molecule has 0 amide bonds. The maximum atomic E-state index is 10.6. The van der Waals surface area contributed by atoms with E-state index in [1.54, 1.807) is 0 Å². The van der Waals surface area contributed by atoms with E-state index >= 15 is 0 Å². The molecule has 0 aromatic carbocycles. The number of ether oxygens (including phenoxy) is 1. The molecule has 0 saturated carbocycles. The van der Waals surface area contributed by atoms with E-state index in [0.29, 0.717) is 6.42 Å². The lowest BCUT2D eigenvalue weighted by molar-refractivity contribution is -0.140. The summed E-state index contributed by atoms with van der Waals surface area (Å²) in [4.78, 5) is 10.6. The van der Waals surface area contributed by atoms with Crippen molar-refractivity contribution < 1.29 is 9.53 Å². The molecule has 0 rings (SSSR count). The van der Waals surface area contributed by atoms with Crippen molar-refractivity contribution in [1.29, 1.82) is 0 Å². The van der Waals surface area contributed by atoms with Crippen molar-refractivity contribution in [3.05, 3.63) is 0 Å². The lowest BCUT2D eigenvalue weighted by Gasteiger charge is -2.01. The molecule has 0 aliphatic carbocycles. The Balaban J connectivity index is 3.08. The highest BCUT2D eigenvalue weighted by molar-refractivity contribution is 6.20. The average molecular weight is 179 g/mol. The van der Waals surface area contributed by atoms with Gasteiger partial charge in [0.05, 0.1) is 7.11 Å². The smallest absolute Gasteiger partial charge is 0.305 e. The van der Waals surface area contributed by atoms with E-state index < -0.39 is 0 Å². The van der Waals surface area contributed by atoms with Crippen LogP contribution in [0.2, 0.25) is 0 Å². The van der Waals surface area contributed by atoms with Crippen LogP contribution >= 0.6 is 11.6 Å². The van der Waals surface area contributed by atoms with Gasteiger partial charge in [-0.15, -0.1) is 11.6 Å². The van der Waals surface area contributed by atoms with Gasteiger partial charge in [-0.3, -0.25) is 4.79 Å². The molecule has 3 heteroatoms. The van der Waals surface area contributed by atoms with Gasteiger partial charge < -0.3 is 4.74 Å². The van der Waals surface area contributed by atoms with Gasteiger partial charge in [0, 0.05) is 11.8 Å². The third-order valence-corrected chi connectivity index (χ3v) is 1.68. The first kappa shape index (κ1) is 10.8. The summed E-state index contributed by atoms with van der Waals surface area (Å²) in [6.07, 6.45) is 3.36. The van der Waals surface area contributed by atoms with Crippen LogP contribution in [0.5, 0.6) is 0 Å². The highest BCUT2D eigenvalue weighted by Crippen LogP contribution is 2.07. The van der Waals surface area contributed by atoms with Crippen molar-refractivity contribution in [1.82, 2.24) is 0 Å². The third kappa shape index (κ3) is 7.66. The minimum atomic E-state index is -0.132. The average Bonchev–Trinajstić information content (AvgIpc) is 1.97. The van der Waals surface area contributed by atoms with E-state index in [9.17, 15) is 4.79 Å². The van der Waals surface area contributed by atoms with Gasteiger partial charge in [0.2, 0.25) is 0 Å². The molecule has 0 saturated heterocycles. The van der Waals surface area contributed by atoms with Gasteiger partial charge in [-0.05, 0) is 19.8 Å². The van der Waals surface area contributed by atoms with Crippen LogP contribution in [0.4, 0.5) is 0 Å². The molecule has 2 nitrogen and oxygen atoms in total. The van der Waals surface area contributed by atoms with Gasteiger partial charge in [0.15, 0.2) is 0 Å². The van der Waals surface area contributed by atoms with E-state index in [1.807, 2.05) is 6.92 Å². The Morgan fingerprint density at radius 2 is 2.18 bits per heavy atom. The normalized spacial score (nSPS) is 12.6. The number of methoxy groups -OCH3 is 1. The summed E-state index contributed by atoms with van der Waals surface area (Å²) >= 11 is 5.71. The second kappa shape index (κ2) is 6.47. The van der Waals surface area contributed by atoms with E-state index in [2.05, 4.69) is 4.74 Å². The zero-order valence-electron chi connectivity index (χ0n) is 7.10. The fourth-order valence-electron chi connectivity index (χ4n) is 0.797. The van der Waals surface area contributed by atoms with Crippen molar-refractivity contribution >= 4 is 17.6 Å². The maximum Gasteiger partial charge on any atom is 0.305 e. The molecule has 0 aromatic rings. The van der Waals surface area contributed by atoms with Crippen LogP contribution in [0.3, 0.4) is 0 Å². The molecule has 0 bridgehead atoms. The first-order valence-electron chi connectivity index (χ1n) is 3.87. The van der Waals surface area contributed by atoms with E-state index in [-0.39, 0.29) is 11.3 Å². The molecule has 0 aliphatic rings. The summed E-state index contributed by atoms with van der Waals surface area (Å²) in [5.74, 6) is -0.132. The summed E-state index contributed by atoms with van der Waals surface area (Å²) in [7, 11) is 1.41. The maximum absolute atomic E-state index is 10.6. The Hall–Kier alpha value is -0.240. The Kier molecular flexibility index (Phi) is 6.33. The Bertz CT molecular complexity index is 113. The minimum Gasteiger partial charge on any atom is -0.469 e. The second-order valence-corrected chi connectivity index (χ2v) is 3.35. The molecule has 0 aromatic heterocycles. The Morgan fingerprint density at radius 3 is 2.64 bits per heavy atom. The molecule has 0 radical (unpaired) electrons. The molecule has 1 atom stereocenters. The fourth-order valence-corrected chi connectivity index (χ4v) is 0.951. The van der Waals surface area contributed by atoms with Crippen LogP contribution in [0.25, 0.3) is 0 Å². The fraction of sp³-hybridized carbons (Fsp3) is 0.875. The Morgan fingerprint density at radius 1 is 1.55 bits per heavy atom. The van der Waals surface area contributed by atoms with E-state index in [1.165, 1.54) is 7.11 Å². The second-order valence-electron chi connectivity index (χ2n) is 2.60. The summed E-state index contributed by atoms with van der Waals surface area (Å²) in [6.45, 7) is 1.96. The zero-order chi connectivity index (χ0) is 8.69. The third-order valence-electron chi connectivity index (χ3n) is 1.46. The summed E-state index contributed by atoms with van der Waals surface area (Å²) in [5.41, 5.74) is 0. The minimum absolute atomic E-state index is 0.132. The summed E-state index contributed by atoms with van der Waals surface area (Å²) in [5, 5.41) is 0.215. The van der Waals surface area contributed by atoms with Crippen LogP contribution in [0.1, 0.15) is 32.6 Å². The predicted molar refractivity (Wildman–Crippen MR) is 45.8 cm³/mol. The lowest BCUT2D eigenvalue weighted by atomic mass is 10.1. The molecule has 0 aliphatic heterocycles. The monoisotopic (exact) mass is 178 g/mol. The van der Waals surface area contributed by atoms with Crippen molar-refractivity contribution in [3.8, 4) is 0 Å². The number of esters is 1. The number of hydrogen-bond donors (Lipinski definition) is 0. The van der Waals surface area contributed by atoms with Crippen molar-refractivity contribution in [3.63, 3.8) is 0 Å². The van der Waals surface area contributed by atoms with E-state index in [0.717, 1.165) is 19.3 Å². The molecule has 0 spiro atoms. The first-order valence-corrected chi connectivity index (χ1v) is 4.31. The lowest BCUT2D eigenvalue weighted by Crippen LogP contribution is -2.00. The van der Waals surface area contributed by atoms with Crippen molar-refractivity contribution in [2.75, 3.05) is 7.11 Å². The predicted octanol–water partition coefficient (Wildman–Crippen LogP) is 2.35. The van der Waals surface area contributed by atoms with Gasteiger partial charge >= 0.3 is 5.97 Å². The van der Waals surface area contributed by atoms with Gasteiger partial charge in [-0.25, -0.2) is 0 Å². The van der Waals surface area contributed by atoms with Crippen molar-refractivity contribution in [2.24, 2.45) is 0 Å². The SMILES string of the molecule is COC(=O)CCCCC(C)Cl. The Labute approximate surface area is 72.9 Å². The topological polar surface area (TPSA) is 26.3 Å². The number of carbonyl (C=O) groups is 1.